The lowest BCUT2D eigenvalue weighted by molar-refractivity contribution is 0.348. The summed E-state index contributed by atoms with van der Waals surface area (Å²) in [7, 11) is 2.15. The van der Waals surface area contributed by atoms with Crippen molar-refractivity contribution < 1.29 is 4.42 Å². The van der Waals surface area contributed by atoms with Gasteiger partial charge in [-0.15, -0.1) is 0 Å². The Hall–Kier alpha value is -1.74. The summed E-state index contributed by atoms with van der Waals surface area (Å²) in [6.07, 6.45) is 5.97. The number of nitrogens with one attached hydrogen (secondary N) is 1. The highest BCUT2D eigenvalue weighted by Gasteiger charge is 2.29. The van der Waals surface area contributed by atoms with Crippen LogP contribution < -0.4 is 10.2 Å². The van der Waals surface area contributed by atoms with E-state index in [2.05, 4.69) is 47.6 Å². The van der Waals surface area contributed by atoms with E-state index >= 15 is 0 Å². The highest BCUT2D eigenvalue weighted by molar-refractivity contribution is 5.44. The molecule has 1 aliphatic rings. The molecule has 1 saturated heterocycles. The summed E-state index contributed by atoms with van der Waals surface area (Å²) in [4.78, 5) is 2.33. The monoisotopic (exact) mass is 256 g/mol. The predicted octanol–water partition coefficient (Wildman–Crippen LogP) is 3.21. The van der Waals surface area contributed by atoms with Crippen LogP contribution >= 0.6 is 0 Å². The van der Waals surface area contributed by atoms with Crippen molar-refractivity contribution in [1.82, 2.24) is 5.32 Å². The molecule has 2 unspecified atom stereocenters. The van der Waals surface area contributed by atoms with Crippen LogP contribution in [0.5, 0.6) is 0 Å². The molecular formula is C16H20N2O. The largest absolute Gasteiger partial charge is 0.470 e. The minimum atomic E-state index is 0.384. The maximum Gasteiger partial charge on any atom is 0.114 e. The third kappa shape index (κ3) is 2.51. The highest BCUT2D eigenvalue weighted by atomic mass is 16.3. The fourth-order valence-corrected chi connectivity index (χ4v) is 2.94. The third-order valence-electron chi connectivity index (χ3n) is 4.00. The van der Waals surface area contributed by atoms with Gasteiger partial charge in [-0.2, -0.15) is 0 Å². The lowest BCUT2D eigenvalue weighted by atomic mass is 9.91. The molecule has 1 aliphatic heterocycles. The fraction of sp³-hybridized carbons (Fsp3) is 0.375. The molecule has 1 fully saturated rings. The SMILES string of the molecule is CN(c1ccoc1)C1CCCNC1c1ccccc1. The van der Waals surface area contributed by atoms with Crippen molar-refractivity contribution in [2.75, 3.05) is 18.5 Å². The minimum absolute atomic E-state index is 0.384. The van der Waals surface area contributed by atoms with Crippen LogP contribution in [0.2, 0.25) is 0 Å². The molecule has 2 heterocycles. The molecule has 2 aromatic rings. The van der Waals surface area contributed by atoms with Gasteiger partial charge in [-0.3, -0.25) is 0 Å². The van der Waals surface area contributed by atoms with Crippen LogP contribution in [0, 0.1) is 0 Å². The van der Waals surface area contributed by atoms with Crippen LogP contribution in [0.3, 0.4) is 0 Å². The Bertz CT molecular complexity index is 495. The first-order valence-corrected chi connectivity index (χ1v) is 6.89. The van der Waals surface area contributed by atoms with Gasteiger partial charge < -0.3 is 14.6 Å². The molecular weight excluding hydrogens is 236 g/mol. The van der Waals surface area contributed by atoms with Gasteiger partial charge in [0.1, 0.15) is 6.26 Å². The first kappa shape index (κ1) is 12.3. The Balaban J connectivity index is 1.85. The van der Waals surface area contributed by atoms with Crippen molar-refractivity contribution in [3.8, 4) is 0 Å². The number of likely N-dealkylation sites (N-methyl/N-ethyl adjacent to an activating group) is 1. The second kappa shape index (κ2) is 5.49. The molecule has 0 radical (unpaired) electrons. The van der Waals surface area contributed by atoms with Crippen molar-refractivity contribution in [2.45, 2.75) is 24.9 Å². The van der Waals surface area contributed by atoms with Crippen molar-refractivity contribution in [3.63, 3.8) is 0 Å². The van der Waals surface area contributed by atoms with Crippen LogP contribution in [0.25, 0.3) is 0 Å². The van der Waals surface area contributed by atoms with Crippen LogP contribution in [0.1, 0.15) is 24.4 Å². The second-order valence-corrected chi connectivity index (χ2v) is 5.14. The lowest BCUT2D eigenvalue weighted by Gasteiger charge is -2.39. The molecule has 1 aromatic carbocycles. The number of anilines is 1. The van der Waals surface area contributed by atoms with E-state index in [9.17, 15) is 0 Å². The van der Waals surface area contributed by atoms with Gasteiger partial charge in [0.25, 0.3) is 0 Å². The number of piperidine rings is 1. The molecule has 19 heavy (non-hydrogen) atoms. The Morgan fingerprint density at radius 3 is 2.79 bits per heavy atom. The summed E-state index contributed by atoms with van der Waals surface area (Å²) in [6.45, 7) is 1.09. The topological polar surface area (TPSA) is 28.4 Å². The van der Waals surface area contributed by atoms with Gasteiger partial charge in [0.05, 0.1) is 18.0 Å². The highest BCUT2D eigenvalue weighted by Crippen LogP contribution is 2.30. The Morgan fingerprint density at radius 2 is 2.05 bits per heavy atom. The second-order valence-electron chi connectivity index (χ2n) is 5.14. The molecule has 3 heteroatoms. The summed E-state index contributed by atoms with van der Waals surface area (Å²) in [5, 5.41) is 3.66. The summed E-state index contributed by atoms with van der Waals surface area (Å²) >= 11 is 0. The maximum absolute atomic E-state index is 5.21. The molecule has 2 atom stereocenters. The molecule has 0 aliphatic carbocycles. The van der Waals surface area contributed by atoms with E-state index in [0.717, 1.165) is 12.2 Å². The number of rotatable bonds is 3. The summed E-state index contributed by atoms with van der Waals surface area (Å²) in [6, 6.07) is 13.6. The predicted molar refractivity (Wildman–Crippen MR) is 77.3 cm³/mol. The number of furan rings is 1. The minimum Gasteiger partial charge on any atom is -0.470 e. The van der Waals surface area contributed by atoms with Gasteiger partial charge in [0, 0.05) is 13.1 Å². The smallest absolute Gasteiger partial charge is 0.114 e. The Labute approximate surface area is 114 Å². The van der Waals surface area contributed by atoms with Crippen LogP contribution in [0.15, 0.2) is 53.3 Å². The molecule has 0 saturated carbocycles. The first-order valence-electron chi connectivity index (χ1n) is 6.89. The number of hydrogen-bond donors (Lipinski definition) is 1. The maximum atomic E-state index is 5.21. The van der Waals surface area contributed by atoms with Crippen molar-refractivity contribution in [1.29, 1.82) is 0 Å². The van der Waals surface area contributed by atoms with E-state index in [1.54, 1.807) is 6.26 Å². The Kier molecular flexibility index (Phi) is 3.56. The molecule has 100 valence electrons. The van der Waals surface area contributed by atoms with Gasteiger partial charge in [-0.1, -0.05) is 30.3 Å². The van der Waals surface area contributed by atoms with Crippen LogP contribution in [0.4, 0.5) is 5.69 Å². The summed E-state index contributed by atoms with van der Waals surface area (Å²) in [5.41, 5.74) is 2.51. The van der Waals surface area contributed by atoms with E-state index in [-0.39, 0.29) is 0 Å². The van der Waals surface area contributed by atoms with E-state index in [1.165, 1.54) is 18.4 Å². The molecule has 0 amide bonds. The van der Waals surface area contributed by atoms with Crippen LogP contribution in [-0.4, -0.2) is 19.6 Å². The zero-order valence-electron chi connectivity index (χ0n) is 11.3. The molecule has 1 N–H and O–H groups in total. The van der Waals surface area contributed by atoms with E-state index in [4.69, 9.17) is 4.42 Å². The summed E-state index contributed by atoms with van der Waals surface area (Å²) in [5.74, 6) is 0. The van der Waals surface area contributed by atoms with Crippen molar-refractivity contribution in [2.24, 2.45) is 0 Å². The third-order valence-corrected chi connectivity index (χ3v) is 4.00. The standard InChI is InChI=1S/C16H20N2O/c1-18(14-9-11-19-12-14)15-8-5-10-17-16(15)13-6-3-2-4-7-13/h2-4,6-7,9,11-12,15-17H,5,8,10H2,1H3. The van der Waals surface area contributed by atoms with E-state index in [0.29, 0.717) is 12.1 Å². The van der Waals surface area contributed by atoms with Crippen molar-refractivity contribution >= 4 is 5.69 Å². The molecule has 0 spiro atoms. The zero-order chi connectivity index (χ0) is 13.1. The first-order chi connectivity index (χ1) is 9.36. The van der Waals surface area contributed by atoms with Gasteiger partial charge >= 0.3 is 0 Å². The Morgan fingerprint density at radius 1 is 1.21 bits per heavy atom. The molecule has 1 aromatic heterocycles. The molecule has 3 rings (SSSR count). The zero-order valence-corrected chi connectivity index (χ0v) is 11.3. The van der Waals surface area contributed by atoms with Crippen molar-refractivity contribution in [3.05, 3.63) is 54.5 Å². The average Bonchev–Trinajstić information content (AvgIpc) is 3.02. The molecule has 0 bridgehead atoms. The lowest BCUT2D eigenvalue weighted by Crippen LogP contribution is -2.46. The molecule has 3 nitrogen and oxygen atoms in total. The quantitative estimate of drug-likeness (QED) is 0.914. The van der Waals surface area contributed by atoms with Gasteiger partial charge in [-0.05, 0) is 31.0 Å². The normalized spacial score (nSPS) is 23.2. The fourth-order valence-electron chi connectivity index (χ4n) is 2.94. The van der Waals surface area contributed by atoms with E-state index < -0.39 is 0 Å². The average molecular weight is 256 g/mol. The van der Waals surface area contributed by atoms with Gasteiger partial charge in [0.15, 0.2) is 0 Å². The summed E-state index contributed by atoms with van der Waals surface area (Å²) < 4.78 is 5.21. The van der Waals surface area contributed by atoms with Gasteiger partial charge in [0.2, 0.25) is 0 Å². The number of hydrogen-bond acceptors (Lipinski definition) is 3. The number of nitrogens with zero attached hydrogens (tertiary/aromatic N) is 1. The van der Waals surface area contributed by atoms with Gasteiger partial charge in [-0.25, -0.2) is 0 Å². The van der Waals surface area contributed by atoms with E-state index in [1.807, 2.05) is 12.3 Å². The van der Waals surface area contributed by atoms with Crippen LogP contribution in [-0.2, 0) is 0 Å². The number of benzene rings is 1.